The lowest BCUT2D eigenvalue weighted by atomic mass is 10.3. The molecule has 24 heteroatoms. The number of hydrogen-bond acceptors (Lipinski definition) is 16. The Kier molecular flexibility index (Phi) is 15.3. The molecule has 2 aromatic carbocycles. The molecule has 0 aliphatic heterocycles. The van der Waals surface area contributed by atoms with Crippen molar-refractivity contribution in [1.29, 1.82) is 0 Å². The number of nitrogens with zero attached hydrogens (tertiary/aromatic N) is 6. The Balaban J connectivity index is 0.000000280. The molecule has 4 rings (SSSR count). The second-order valence-corrected chi connectivity index (χ2v) is 13.5. The molecule has 0 aliphatic carbocycles. The Morgan fingerprint density at radius 2 is 0.981 bits per heavy atom. The first-order valence-corrected chi connectivity index (χ1v) is 18.5. The van der Waals surface area contributed by atoms with E-state index in [4.69, 9.17) is 42.1 Å². The number of benzene rings is 2. The zero-order chi connectivity index (χ0) is 38.3. The van der Waals surface area contributed by atoms with E-state index < -0.39 is 32.1 Å². The molecule has 0 saturated carbocycles. The van der Waals surface area contributed by atoms with Crippen molar-refractivity contribution >= 4 is 67.2 Å². The van der Waals surface area contributed by atoms with Crippen LogP contribution < -0.4 is 39.0 Å². The number of methoxy groups -OCH3 is 2. The second-order valence-electron chi connectivity index (χ2n) is 9.47. The molecule has 52 heavy (non-hydrogen) atoms. The number of hydrogen-bond donors (Lipinski definition) is 4. The number of carbonyl (C=O) groups is 2. The molecule has 0 unspecified atom stereocenters. The summed E-state index contributed by atoms with van der Waals surface area (Å²) in [5.41, 5.74) is 0. The van der Waals surface area contributed by atoms with Crippen LogP contribution in [0.4, 0.5) is 21.5 Å². The van der Waals surface area contributed by atoms with Gasteiger partial charge in [-0.25, -0.2) is 35.9 Å². The van der Waals surface area contributed by atoms with Crippen molar-refractivity contribution < 1.29 is 45.4 Å². The van der Waals surface area contributed by atoms with E-state index in [1.165, 1.54) is 50.6 Å². The molecule has 0 fully saturated rings. The number of aromatic nitrogens is 6. The number of sulfonamides is 2. The molecule has 4 amide bonds. The average molecular weight is 804 g/mol. The number of carbonyl (C=O) groups excluding carboxylic acids is 2. The minimum Gasteiger partial charge on any atom is -0.491 e. The molecule has 0 bridgehead atoms. The number of urea groups is 2. The van der Waals surface area contributed by atoms with Gasteiger partial charge in [0.25, 0.3) is 20.0 Å². The Hall–Kier alpha value is -5.32. The molecule has 4 N–H and O–H groups in total. The first-order chi connectivity index (χ1) is 24.7. The van der Waals surface area contributed by atoms with E-state index in [0.29, 0.717) is 0 Å². The second kappa shape index (κ2) is 19.3. The summed E-state index contributed by atoms with van der Waals surface area (Å²) in [6, 6.07) is 9.58. The van der Waals surface area contributed by atoms with Crippen LogP contribution in [-0.4, -0.2) is 98.0 Å². The van der Waals surface area contributed by atoms with Gasteiger partial charge in [-0.15, -0.1) is 23.2 Å². The molecule has 0 radical (unpaired) electrons. The third-order valence-corrected chi connectivity index (χ3v) is 8.72. The molecule has 0 spiro atoms. The number of para-hydroxylation sites is 2. The number of anilines is 2. The van der Waals surface area contributed by atoms with E-state index >= 15 is 0 Å². The normalized spacial score (nSPS) is 10.9. The largest absolute Gasteiger partial charge is 0.491 e. The van der Waals surface area contributed by atoms with Crippen LogP contribution in [0.3, 0.4) is 0 Å². The third kappa shape index (κ3) is 12.5. The van der Waals surface area contributed by atoms with Gasteiger partial charge in [-0.05, 0) is 38.1 Å². The number of ether oxygens (including phenoxy) is 4. The summed E-state index contributed by atoms with van der Waals surface area (Å²) >= 11 is 11.1. The smallest absolute Gasteiger partial charge is 0.335 e. The Morgan fingerprint density at radius 3 is 1.33 bits per heavy atom. The lowest BCUT2D eigenvalue weighted by Crippen LogP contribution is -2.35. The summed E-state index contributed by atoms with van der Waals surface area (Å²) < 4.78 is 73.8. The SMILES string of the molecule is COc1nc(C)nc(NC(=O)NS(=O)(=O)c2ccccc2OCCCl)n1.COc1nc(C)nc(NC(=O)NS(=O)(=O)c2ccccc2OCCCl)n1. The third-order valence-electron chi connectivity index (χ3n) is 5.67. The maximum absolute atomic E-state index is 12.4. The fourth-order valence-electron chi connectivity index (χ4n) is 3.70. The number of halogens is 2. The minimum atomic E-state index is -4.20. The average Bonchev–Trinajstić information content (AvgIpc) is 3.09. The van der Waals surface area contributed by atoms with Crippen LogP contribution in [-0.2, 0) is 20.0 Å². The van der Waals surface area contributed by atoms with Gasteiger partial charge in [0.2, 0.25) is 11.9 Å². The van der Waals surface area contributed by atoms with Crippen molar-refractivity contribution in [3.8, 4) is 23.5 Å². The first-order valence-electron chi connectivity index (χ1n) is 14.5. The lowest BCUT2D eigenvalue weighted by Gasteiger charge is -2.12. The fourth-order valence-corrected chi connectivity index (χ4v) is 5.96. The number of aryl methyl sites for hydroxylation is 2. The Bertz CT molecular complexity index is 1930. The maximum Gasteiger partial charge on any atom is 0.335 e. The molecule has 280 valence electrons. The van der Waals surface area contributed by atoms with Gasteiger partial charge in [-0.3, -0.25) is 10.6 Å². The Labute approximate surface area is 308 Å². The van der Waals surface area contributed by atoms with E-state index in [2.05, 4.69) is 40.5 Å². The molecular formula is C28H32Cl2N10O10S2. The van der Waals surface area contributed by atoms with Gasteiger partial charge in [0.1, 0.15) is 46.2 Å². The van der Waals surface area contributed by atoms with Crippen LogP contribution in [0.15, 0.2) is 58.3 Å². The first kappa shape index (κ1) is 41.1. The van der Waals surface area contributed by atoms with Crippen molar-refractivity contribution in [3.05, 3.63) is 60.2 Å². The predicted octanol–water partition coefficient (Wildman–Crippen LogP) is 2.63. The highest BCUT2D eigenvalue weighted by Gasteiger charge is 2.24. The summed E-state index contributed by atoms with van der Waals surface area (Å²) in [7, 11) is -5.70. The van der Waals surface area contributed by atoms with Crippen molar-refractivity contribution in [2.45, 2.75) is 23.6 Å². The van der Waals surface area contributed by atoms with Crippen molar-refractivity contribution in [3.63, 3.8) is 0 Å². The van der Waals surface area contributed by atoms with Crippen LogP contribution in [0.5, 0.6) is 23.5 Å². The molecule has 0 aliphatic rings. The zero-order valence-corrected chi connectivity index (χ0v) is 30.9. The summed E-state index contributed by atoms with van der Waals surface area (Å²) in [4.78, 5) is 46.7. The molecule has 0 saturated heterocycles. The summed E-state index contributed by atoms with van der Waals surface area (Å²) in [6.07, 6.45) is 0. The molecule has 0 atom stereocenters. The topological polar surface area (TPSA) is 265 Å². The standard InChI is InChI=1S/2C14H16ClN5O5S/c2*1-9-16-12(19-14(17-9)24-2)18-13(21)20-26(22,23)11-6-4-3-5-10(11)25-8-7-15/h2*3-6H,7-8H2,1-2H3,(H2,16,17,18,19,20,21). The predicted molar refractivity (Wildman–Crippen MR) is 186 cm³/mol. The van der Waals surface area contributed by atoms with Gasteiger partial charge >= 0.3 is 24.1 Å². The Morgan fingerprint density at radius 1 is 0.615 bits per heavy atom. The van der Waals surface area contributed by atoms with Gasteiger partial charge in [0.15, 0.2) is 0 Å². The zero-order valence-electron chi connectivity index (χ0n) is 27.8. The van der Waals surface area contributed by atoms with Crippen LogP contribution in [0.25, 0.3) is 0 Å². The van der Waals surface area contributed by atoms with Crippen LogP contribution in [0, 0.1) is 13.8 Å². The molecular weight excluding hydrogens is 771 g/mol. The number of rotatable bonds is 14. The minimum absolute atomic E-state index is 0.0181. The molecule has 4 aromatic rings. The fraction of sp³-hybridized carbons (Fsp3) is 0.286. The van der Waals surface area contributed by atoms with Crippen molar-refractivity contribution in [2.75, 3.05) is 49.8 Å². The van der Waals surface area contributed by atoms with Gasteiger partial charge in [0, 0.05) is 0 Å². The van der Waals surface area contributed by atoms with E-state index in [1.54, 1.807) is 26.0 Å². The number of alkyl halides is 2. The summed E-state index contributed by atoms with van der Waals surface area (Å²) in [5, 5.41) is 4.43. The van der Waals surface area contributed by atoms with Gasteiger partial charge in [0.05, 0.1) is 26.0 Å². The monoisotopic (exact) mass is 802 g/mol. The van der Waals surface area contributed by atoms with Gasteiger partial charge in [-0.1, -0.05) is 24.3 Å². The summed E-state index contributed by atoms with van der Waals surface area (Å²) in [6.45, 7) is 3.36. The number of amides is 4. The van der Waals surface area contributed by atoms with Crippen molar-refractivity contribution in [1.82, 2.24) is 39.3 Å². The molecule has 2 aromatic heterocycles. The molecule has 2 heterocycles. The van der Waals surface area contributed by atoms with E-state index in [9.17, 15) is 26.4 Å². The lowest BCUT2D eigenvalue weighted by molar-refractivity contribution is 0.255. The highest BCUT2D eigenvalue weighted by Crippen LogP contribution is 2.24. The summed E-state index contributed by atoms with van der Waals surface area (Å²) in [5.74, 6) is 0.774. The van der Waals surface area contributed by atoms with E-state index in [1.807, 2.05) is 9.44 Å². The quantitative estimate of drug-likeness (QED) is 0.134. The van der Waals surface area contributed by atoms with Crippen LogP contribution in [0.2, 0.25) is 0 Å². The van der Waals surface area contributed by atoms with E-state index in [-0.39, 0.29) is 81.8 Å². The van der Waals surface area contributed by atoms with Crippen LogP contribution >= 0.6 is 23.2 Å². The maximum atomic E-state index is 12.4. The van der Waals surface area contributed by atoms with Crippen LogP contribution in [0.1, 0.15) is 11.6 Å². The van der Waals surface area contributed by atoms with E-state index in [0.717, 1.165) is 0 Å². The highest BCUT2D eigenvalue weighted by atomic mass is 35.5. The highest BCUT2D eigenvalue weighted by molar-refractivity contribution is 7.90. The number of nitrogens with one attached hydrogen (secondary N) is 4. The molecule has 20 nitrogen and oxygen atoms in total. The van der Waals surface area contributed by atoms with Crippen molar-refractivity contribution in [2.24, 2.45) is 0 Å². The van der Waals surface area contributed by atoms with Gasteiger partial charge < -0.3 is 18.9 Å². The van der Waals surface area contributed by atoms with Gasteiger partial charge in [-0.2, -0.15) is 29.9 Å².